The summed E-state index contributed by atoms with van der Waals surface area (Å²) in [6.45, 7) is 2.06. The number of hydrogen-bond acceptors (Lipinski definition) is 5. The van der Waals surface area contributed by atoms with Gasteiger partial charge < -0.3 is 11.1 Å². The first-order valence-corrected chi connectivity index (χ1v) is 10.3. The number of benzene rings is 2. The third kappa shape index (κ3) is 4.34. The van der Waals surface area contributed by atoms with Gasteiger partial charge >= 0.3 is 0 Å². The summed E-state index contributed by atoms with van der Waals surface area (Å²) >= 11 is 1.60. The normalized spacial score (nSPS) is 12.1. The van der Waals surface area contributed by atoms with Crippen LogP contribution in [0.15, 0.2) is 67.0 Å². The average molecular weight is 403 g/mol. The predicted molar refractivity (Wildman–Crippen MR) is 117 cm³/mol. The summed E-state index contributed by atoms with van der Waals surface area (Å²) in [6.07, 6.45) is 4.38. The molecule has 0 aliphatic rings. The van der Waals surface area contributed by atoms with Gasteiger partial charge in [-0.05, 0) is 29.7 Å². The number of para-hydroxylation sites is 1. The van der Waals surface area contributed by atoms with Crippen LogP contribution >= 0.6 is 11.3 Å². The molecule has 6 heteroatoms. The van der Waals surface area contributed by atoms with E-state index in [0.29, 0.717) is 13.0 Å². The number of pyridine rings is 1. The zero-order chi connectivity index (χ0) is 20.2. The molecule has 0 spiro atoms. The molecule has 0 radical (unpaired) electrons. The van der Waals surface area contributed by atoms with Crippen molar-refractivity contribution >= 4 is 28.1 Å². The quantitative estimate of drug-likeness (QED) is 0.506. The number of hydrogen-bond donors (Lipinski definition) is 2. The second-order valence-electron chi connectivity index (χ2n) is 6.92. The van der Waals surface area contributed by atoms with Gasteiger partial charge in [0.25, 0.3) is 0 Å². The van der Waals surface area contributed by atoms with Crippen LogP contribution in [0.1, 0.15) is 29.1 Å². The molecule has 1 unspecified atom stereocenters. The Labute approximate surface area is 173 Å². The minimum atomic E-state index is -0.178. The molecule has 2 aromatic carbocycles. The summed E-state index contributed by atoms with van der Waals surface area (Å²) in [6, 6.07) is 18.1. The zero-order valence-electron chi connectivity index (χ0n) is 16.1. The fourth-order valence-electron chi connectivity index (χ4n) is 3.38. The maximum absolute atomic E-state index is 11.8. The maximum atomic E-state index is 11.8. The molecule has 0 aliphatic carbocycles. The van der Waals surface area contributed by atoms with Gasteiger partial charge in [-0.3, -0.25) is 9.78 Å². The van der Waals surface area contributed by atoms with E-state index in [0.717, 1.165) is 37.5 Å². The Kier molecular flexibility index (Phi) is 5.64. The van der Waals surface area contributed by atoms with Crippen molar-refractivity contribution in [2.24, 2.45) is 5.73 Å². The maximum Gasteiger partial charge on any atom is 0.217 e. The molecule has 4 rings (SSSR count). The molecule has 0 saturated carbocycles. The first-order valence-electron chi connectivity index (χ1n) is 9.49. The van der Waals surface area contributed by atoms with Crippen LogP contribution < -0.4 is 11.1 Å². The van der Waals surface area contributed by atoms with E-state index >= 15 is 0 Å². The van der Waals surface area contributed by atoms with Crippen LogP contribution in [0.3, 0.4) is 0 Å². The molecule has 1 atom stereocenters. The Balaban J connectivity index is 1.65. The molecule has 29 heavy (non-hydrogen) atoms. The van der Waals surface area contributed by atoms with Gasteiger partial charge in [0.15, 0.2) is 0 Å². The van der Waals surface area contributed by atoms with Gasteiger partial charge in [-0.2, -0.15) is 0 Å². The Morgan fingerprint density at radius 3 is 2.59 bits per heavy atom. The minimum absolute atomic E-state index is 0.0697. The van der Waals surface area contributed by atoms with Crippen LogP contribution in [-0.4, -0.2) is 15.9 Å². The lowest BCUT2D eigenvalue weighted by Gasteiger charge is -2.16. The molecule has 3 N–H and O–H groups in total. The molecule has 0 bridgehead atoms. The van der Waals surface area contributed by atoms with Gasteiger partial charge in [0.1, 0.15) is 5.01 Å². The smallest absolute Gasteiger partial charge is 0.217 e. The fourth-order valence-corrected chi connectivity index (χ4v) is 4.39. The van der Waals surface area contributed by atoms with Crippen LogP contribution in [0.2, 0.25) is 0 Å². The van der Waals surface area contributed by atoms with E-state index in [4.69, 9.17) is 5.73 Å². The molecular weight excluding hydrogens is 380 g/mol. The van der Waals surface area contributed by atoms with Crippen molar-refractivity contribution in [2.45, 2.75) is 25.9 Å². The highest BCUT2D eigenvalue weighted by molar-refractivity contribution is 7.15. The van der Waals surface area contributed by atoms with E-state index in [2.05, 4.69) is 33.5 Å². The van der Waals surface area contributed by atoms with Gasteiger partial charge in [-0.1, -0.05) is 42.5 Å². The first kappa shape index (κ1) is 19.2. The summed E-state index contributed by atoms with van der Waals surface area (Å²) in [5.74, 6) is -0.0697. The SMILES string of the molecule is CC(=O)NC(Cc1ccc(CN)cc1)c1ncc(-c2ccnc3ccccc23)s1. The Morgan fingerprint density at radius 1 is 1.07 bits per heavy atom. The lowest BCUT2D eigenvalue weighted by molar-refractivity contribution is -0.119. The summed E-state index contributed by atoms with van der Waals surface area (Å²) in [5, 5.41) is 5.03. The number of amides is 1. The topological polar surface area (TPSA) is 80.9 Å². The summed E-state index contributed by atoms with van der Waals surface area (Å²) in [7, 11) is 0. The second kappa shape index (κ2) is 8.51. The first-order chi connectivity index (χ1) is 14.1. The highest BCUT2D eigenvalue weighted by Gasteiger charge is 2.19. The van der Waals surface area contributed by atoms with Crippen molar-refractivity contribution in [1.82, 2.24) is 15.3 Å². The van der Waals surface area contributed by atoms with Crippen molar-refractivity contribution in [3.8, 4) is 10.4 Å². The lowest BCUT2D eigenvalue weighted by atomic mass is 10.0. The monoisotopic (exact) mass is 402 g/mol. The third-order valence-electron chi connectivity index (χ3n) is 4.81. The number of nitrogens with zero attached hydrogens (tertiary/aromatic N) is 2. The van der Waals surface area contributed by atoms with Crippen molar-refractivity contribution in [3.05, 3.63) is 83.1 Å². The van der Waals surface area contributed by atoms with Crippen LogP contribution in [0, 0.1) is 0 Å². The predicted octanol–water partition coefficient (Wildman–Crippen LogP) is 4.24. The van der Waals surface area contributed by atoms with E-state index in [1.807, 2.05) is 48.8 Å². The van der Waals surface area contributed by atoms with Crippen LogP contribution in [0.4, 0.5) is 0 Å². The van der Waals surface area contributed by atoms with Crippen LogP contribution in [0.5, 0.6) is 0 Å². The highest BCUT2D eigenvalue weighted by atomic mass is 32.1. The average Bonchev–Trinajstić information content (AvgIpc) is 3.23. The van der Waals surface area contributed by atoms with E-state index in [9.17, 15) is 4.79 Å². The van der Waals surface area contributed by atoms with Crippen LogP contribution in [0.25, 0.3) is 21.3 Å². The highest BCUT2D eigenvalue weighted by Crippen LogP contribution is 2.34. The van der Waals surface area contributed by atoms with E-state index in [-0.39, 0.29) is 11.9 Å². The summed E-state index contributed by atoms with van der Waals surface area (Å²) in [4.78, 5) is 22.0. The molecule has 0 saturated heterocycles. The molecule has 0 fully saturated rings. The van der Waals surface area contributed by atoms with Crippen molar-refractivity contribution in [1.29, 1.82) is 0 Å². The Bertz CT molecular complexity index is 1130. The van der Waals surface area contributed by atoms with Crippen molar-refractivity contribution in [3.63, 3.8) is 0 Å². The molecule has 4 aromatic rings. The Hall–Kier alpha value is -3.09. The number of fused-ring (bicyclic) bond motifs is 1. The van der Waals surface area contributed by atoms with Gasteiger partial charge in [0.05, 0.1) is 16.4 Å². The largest absolute Gasteiger partial charge is 0.347 e. The standard InChI is InChI=1S/C23H22N4OS/c1-15(28)27-21(12-16-6-8-17(13-24)9-7-16)23-26-14-22(29-23)19-10-11-25-20-5-3-2-4-18(19)20/h2-11,14,21H,12-13,24H2,1H3,(H,27,28). The van der Waals surface area contributed by atoms with E-state index in [1.54, 1.807) is 11.3 Å². The van der Waals surface area contributed by atoms with Crippen LogP contribution in [-0.2, 0) is 17.8 Å². The zero-order valence-corrected chi connectivity index (χ0v) is 16.9. The minimum Gasteiger partial charge on any atom is -0.347 e. The van der Waals surface area contributed by atoms with Crippen molar-refractivity contribution in [2.75, 3.05) is 0 Å². The lowest BCUT2D eigenvalue weighted by Crippen LogP contribution is -2.27. The number of aromatic nitrogens is 2. The van der Waals surface area contributed by atoms with E-state index < -0.39 is 0 Å². The molecule has 2 aromatic heterocycles. The summed E-state index contributed by atoms with van der Waals surface area (Å²) < 4.78 is 0. The molecule has 5 nitrogen and oxygen atoms in total. The third-order valence-corrected chi connectivity index (χ3v) is 5.96. The van der Waals surface area contributed by atoms with Crippen molar-refractivity contribution < 1.29 is 4.79 Å². The number of carbonyl (C=O) groups is 1. The summed E-state index contributed by atoms with van der Waals surface area (Å²) in [5.41, 5.74) is 9.97. The Morgan fingerprint density at radius 2 is 1.83 bits per heavy atom. The number of rotatable bonds is 6. The molecule has 1 amide bonds. The number of nitrogens with two attached hydrogens (primary N) is 1. The number of thiazole rings is 1. The molecule has 146 valence electrons. The van der Waals surface area contributed by atoms with Gasteiger partial charge in [0, 0.05) is 36.8 Å². The molecular formula is C23H22N4OS. The van der Waals surface area contributed by atoms with Gasteiger partial charge in [-0.25, -0.2) is 4.98 Å². The van der Waals surface area contributed by atoms with Gasteiger partial charge in [-0.15, -0.1) is 11.3 Å². The number of nitrogens with one attached hydrogen (secondary N) is 1. The second-order valence-corrected chi connectivity index (χ2v) is 7.98. The van der Waals surface area contributed by atoms with Gasteiger partial charge in [0.2, 0.25) is 5.91 Å². The fraction of sp³-hybridized carbons (Fsp3) is 0.174. The van der Waals surface area contributed by atoms with E-state index in [1.165, 1.54) is 6.92 Å². The number of carbonyl (C=O) groups excluding carboxylic acids is 1. The molecule has 2 heterocycles. The molecule has 0 aliphatic heterocycles.